The lowest BCUT2D eigenvalue weighted by atomic mass is 10.1. The standard InChI is InChI=1S/C15H20N4O.ClH/c1-9-5-6-10(2)14(7-9)19-12(4)13(8-17-19)18-15(20)11(3)16;/h5-8,11H,16H2,1-4H3,(H,18,20);1H. The number of carbonyl (C=O) groups is 1. The SMILES string of the molecule is Cc1ccc(C)c(-n2ncc(NC(=O)C(C)N)c2C)c1.Cl. The van der Waals surface area contributed by atoms with Crippen molar-refractivity contribution in [3.8, 4) is 5.69 Å². The molecule has 0 saturated heterocycles. The number of rotatable bonds is 3. The first-order valence-corrected chi connectivity index (χ1v) is 6.59. The monoisotopic (exact) mass is 308 g/mol. The third-order valence-corrected chi connectivity index (χ3v) is 3.27. The van der Waals surface area contributed by atoms with Gasteiger partial charge < -0.3 is 11.1 Å². The molecule has 3 N–H and O–H groups in total. The zero-order chi connectivity index (χ0) is 14.9. The lowest BCUT2D eigenvalue weighted by Gasteiger charge is -2.11. The molecule has 0 fully saturated rings. The van der Waals surface area contributed by atoms with Crippen LogP contribution in [0.2, 0.25) is 0 Å². The van der Waals surface area contributed by atoms with Gasteiger partial charge in [0.1, 0.15) is 0 Å². The minimum atomic E-state index is -0.543. The van der Waals surface area contributed by atoms with Crippen LogP contribution < -0.4 is 11.1 Å². The number of hydrogen-bond donors (Lipinski definition) is 2. The molecule has 114 valence electrons. The van der Waals surface area contributed by atoms with E-state index < -0.39 is 6.04 Å². The number of nitrogens with two attached hydrogens (primary N) is 1. The Morgan fingerprint density at radius 3 is 2.62 bits per heavy atom. The van der Waals surface area contributed by atoms with Crippen LogP contribution in [0.25, 0.3) is 5.69 Å². The lowest BCUT2D eigenvalue weighted by Crippen LogP contribution is -2.32. The Labute approximate surface area is 130 Å². The number of nitrogens with zero attached hydrogens (tertiary/aromatic N) is 2. The third-order valence-electron chi connectivity index (χ3n) is 3.27. The number of carbonyl (C=O) groups excluding carboxylic acids is 1. The molecule has 0 spiro atoms. The van der Waals surface area contributed by atoms with Crippen LogP contribution in [0.15, 0.2) is 24.4 Å². The van der Waals surface area contributed by atoms with E-state index in [0.29, 0.717) is 5.69 Å². The fourth-order valence-corrected chi connectivity index (χ4v) is 1.97. The quantitative estimate of drug-likeness (QED) is 0.915. The average Bonchev–Trinajstić information content (AvgIpc) is 2.74. The van der Waals surface area contributed by atoms with Gasteiger partial charge in [-0.3, -0.25) is 4.79 Å². The zero-order valence-corrected chi connectivity index (χ0v) is 13.5. The summed E-state index contributed by atoms with van der Waals surface area (Å²) in [7, 11) is 0. The predicted octanol–water partition coefficient (Wildman–Crippen LogP) is 2.51. The highest BCUT2D eigenvalue weighted by atomic mass is 35.5. The zero-order valence-electron chi connectivity index (χ0n) is 12.7. The number of benzene rings is 1. The van der Waals surface area contributed by atoms with Gasteiger partial charge in [-0.25, -0.2) is 4.68 Å². The van der Waals surface area contributed by atoms with Crippen LogP contribution >= 0.6 is 12.4 Å². The number of aromatic nitrogens is 2. The minimum absolute atomic E-state index is 0. The van der Waals surface area contributed by atoms with Crippen molar-refractivity contribution in [3.05, 3.63) is 41.2 Å². The number of nitrogens with one attached hydrogen (secondary N) is 1. The van der Waals surface area contributed by atoms with Crippen LogP contribution in [0.3, 0.4) is 0 Å². The summed E-state index contributed by atoms with van der Waals surface area (Å²) in [5.74, 6) is -0.214. The van der Waals surface area contributed by atoms with Crippen molar-refractivity contribution < 1.29 is 4.79 Å². The van der Waals surface area contributed by atoms with Crippen LogP contribution in [0.1, 0.15) is 23.7 Å². The van der Waals surface area contributed by atoms with E-state index in [1.54, 1.807) is 13.1 Å². The second kappa shape index (κ2) is 6.74. The largest absolute Gasteiger partial charge is 0.322 e. The number of halogens is 1. The summed E-state index contributed by atoms with van der Waals surface area (Å²) in [6.07, 6.45) is 1.65. The summed E-state index contributed by atoms with van der Waals surface area (Å²) in [4.78, 5) is 11.7. The molecule has 6 heteroatoms. The van der Waals surface area contributed by atoms with Gasteiger partial charge in [-0.15, -0.1) is 12.4 Å². The molecule has 1 aromatic heterocycles. The van der Waals surface area contributed by atoms with Gasteiger partial charge >= 0.3 is 0 Å². The van der Waals surface area contributed by atoms with Crippen LogP contribution in [0, 0.1) is 20.8 Å². The van der Waals surface area contributed by atoms with Crippen molar-refractivity contribution in [1.29, 1.82) is 0 Å². The van der Waals surface area contributed by atoms with Crippen LogP contribution in [-0.4, -0.2) is 21.7 Å². The first-order valence-electron chi connectivity index (χ1n) is 6.59. The summed E-state index contributed by atoms with van der Waals surface area (Å²) in [6, 6.07) is 5.66. The van der Waals surface area contributed by atoms with Crippen molar-refractivity contribution in [1.82, 2.24) is 9.78 Å². The third kappa shape index (κ3) is 3.62. The maximum Gasteiger partial charge on any atom is 0.241 e. The smallest absolute Gasteiger partial charge is 0.241 e. The molecule has 1 amide bonds. The molecule has 21 heavy (non-hydrogen) atoms. The number of amides is 1. The second-order valence-corrected chi connectivity index (χ2v) is 5.12. The van der Waals surface area contributed by atoms with Gasteiger partial charge in [0.25, 0.3) is 0 Å². The molecule has 1 unspecified atom stereocenters. The molecular formula is C15H21ClN4O. The molecule has 0 radical (unpaired) electrons. The highest BCUT2D eigenvalue weighted by Gasteiger charge is 2.14. The van der Waals surface area contributed by atoms with Gasteiger partial charge in [0.2, 0.25) is 5.91 Å². The van der Waals surface area contributed by atoms with Crippen molar-refractivity contribution in [2.45, 2.75) is 33.7 Å². The van der Waals surface area contributed by atoms with Gasteiger partial charge in [-0.1, -0.05) is 12.1 Å². The lowest BCUT2D eigenvalue weighted by molar-refractivity contribution is -0.117. The molecule has 2 rings (SSSR count). The van der Waals surface area contributed by atoms with Crippen LogP contribution in [0.4, 0.5) is 5.69 Å². The van der Waals surface area contributed by atoms with Gasteiger partial charge in [0.05, 0.1) is 29.3 Å². The molecule has 0 aliphatic heterocycles. The molecular weight excluding hydrogens is 288 g/mol. The molecule has 0 saturated carbocycles. The Hall–Kier alpha value is -1.85. The number of anilines is 1. The maximum atomic E-state index is 11.7. The summed E-state index contributed by atoms with van der Waals surface area (Å²) in [5.41, 5.74) is 10.4. The Kier molecular flexibility index (Phi) is 5.52. The van der Waals surface area contributed by atoms with E-state index in [-0.39, 0.29) is 18.3 Å². The minimum Gasteiger partial charge on any atom is -0.322 e. The van der Waals surface area contributed by atoms with E-state index in [1.165, 1.54) is 5.56 Å². The Morgan fingerprint density at radius 2 is 2.00 bits per heavy atom. The van der Waals surface area contributed by atoms with E-state index >= 15 is 0 Å². The topological polar surface area (TPSA) is 72.9 Å². The summed E-state index contributed by atoms with van der Waals surface area (Å²) in [6.45, 7) is 7.65. The maximum absolute atomic E-state index is 11.7. The van der Waals surface area contributed by atoms with E-state index in [0.717, 1.165) is 16.9 Å². The summed E-state index contributed by atoms with van der Waals surface area (Å²) < 4.78 is 1.83. The molecule has 0 aliphatic carbocycles. The van der Waals surface area contributed by atoms with Crippen LogP contribution in [-0.2, 0) is 4.79 Å². The first-order chi connectivity index (χ1) is 9.40. The van der Waals surface area contributed by atoms with E-state index in [9.17, 15) is 4.79 Å². The molecule has 0 bridgehead atoms. The second-order valence-electron chi connectivity index (χ2n) is 5.12. The molecule has 1 atom stereocenters. The van der Waals surface area contributed by atoms with Crippen LogP contribution in [0.5, 0.6) is 0 Å². The molecule has 0 aliphatic rings. The highest BCUT2D eigenvalue weighted by Crippen LogP contribution is 2.21. The van der Waals surface area contributed by atoms with E-state index in [4.69, 9.17) is 5.73 Å². The Bertz CT molecular complexity index is 649. The number of aryl methyl sites for hydroxylation is 2. The summed E-state index contributed by atoms with van der Waals surface area (Å²) in [5, 5.41) is 7.15. The van der Waals surface area contributed by atoms with Crippen molar-refractivity contribution in [2.75, 3.05) is 5.32 Å². The number of hydrogen-bond acceptors (Lipinski definition) is 3. The van der Waals surface area contributed by atoms with Gasteiger partial charge in [0.15, 0.2) is 0 Å². The van der Waals surface area contributed by atoms with Crippen molar-refractivity contribution in [3.63, 3.8) is 0 Å². The first kappa shape index (κ1) is 17.2. The van der Waals surface area contributed by atoms with Gasteiger partial charge in [0, 0.05) is 0 Å². The van der Waals surface area contributed by atoms with Crippen molar-refractivity contribution in [2.24, 2.45) is 5.73 Å². The van der Waals surface area contributed by atoms with E-state index in [2.05, 4.69) is 28.6 Å². The average molecular weight is 309 g/mol. The molecule has 5 nitrogen and oxygen atoms in total. The molecule has 1 aromatic carbocycles. The Morgan fingerprint density at radius 1 is 1.33 bits per heavy atom. The van der Waals surface area contributed by atoms with E-state index in [1.807, 2.05) is 25.5 Å². The predicted molar refractivity (Wildman–Crippen MR) is 87.3 cm³/mol. The van der Waals surface area contributed by atoms with Gasteiger partial charge in [-0.05, 0) is 44.9 Å². The molecule has 2 aromatic rings. The Balaban J connectivity index is 0.00000220. The fourth-order valence-electron chi connectivity index (χ4n) is 1.97. The fraction of sp³-hybridized carbons (Fsp3) is 0.333. The van der Waals surface area contributed by atoms with Gasteiger partial charge in [-0.2, -0.15) is 5.10 Å². The summed E-state index contributed by atoms with van der Waals surface area (Å²) >= 11 is 0. The highest BCUT2D eigenvalue weighted by molar-refractivity contribution is 5.94. The molecule has 1 heterocycles. The normalized spacial score (nSPS) is 11.7. The van der Waals surface area contributed by atoms with Crippen molar-refractivity contribution >= 4 is 24.0 Å².